The van der Waals surface area contributed by atoms with Crippen LogP contribution < -0.4 is 5.73 Å². The minimum atomic E-state index is 0.410. The summed E-state index contributed by atoms with van der Waals surface area (Å²) < 4.78 is 5.42. The third kappa shape index (κ3) is 2.36. The quantitative estimate of drug-likeness (QED) is 0.792. The summed E-state index contributed by atoms with van der Waals surface area (Å²) >= 11 is 0. The Bertz CT molecular complexity index is 330. The van der Waals surface area contributed by atoms with E-state index in [0.717, 1.165) is 25.3 Å². The lowest BCUT2D eigenvalue weighted by atomic mass is 10.0. The maximum atomic E-state index is 5.69. The van der Waals surface area contributed by atoms with Gasteiger partial charge in [-0.3, -0.25) is 4.90 Å². The standard InChI is InChI=1S/C13H20N2O/c1-10(11-3-5-12(14)6-4-11)15(2)13-7-8-16-9-13/h3-6,10,13H,7-9,14H2,1-2H3. The zero-order valence-electron chi connectivity index (χ0n) is 10.0. The number of likely N-dealkylation sites (N-methyl/N-ethyl adjacent to an activating group) is 1. The Morgan fingerprint density at radius 1 is 1.38 bits per heavy atom. The normalized spacial score (nSPS) is 22.6. The van der Waals surface area contributed by atoms with Crippen LogP contribution in [0, 0.1) is 0 Å². The predicted molar refractivity (Wildman–Crippen MR) is 66.3 cm³/mol. The first-order valence-corrected chi connectivity index (χ1v) is 5.83. The van der Waals surface area contributed by atoms with Gasteiger partial charge in [-0.15, -0.1) is 0 Å². The van der Waals surface area contributed by atoms with Crippen molar-refractivity contribution in [2.45, 2.75) is 25.4 Å². The SMILES string of the molecule is CC(c1ccc(N)cc1)N(C)C1CCOC1. The van der Waals surface area contributed by atoms with Gasteiger partial charge in [0.05, 0.1) is 6.61 Å². The van der Waals surface area contributed by atoms with Gasteiger partial charge in [0, 0.05) is 24.4 Å². The van der Waals surface area contributed by atoms with Crippen LogP contribution in [-0.2, 0) is 4.74 Å². The summed E-state index contributed by atoms with van der Waals surface area (Å²) in [6.07, 6.45) is 1.13. The molecule has 1 aliphatic heterocycles. The Labute approximate surface area is 97.2 Å². The topological polar surface area (TPSA) is 38.5 Å². The van der Waals surface area contributed by atoms with E-state index in [1.807, 2.05) is 12.1 Å². The van der Waals surface area contributed by atoms with Gasteiger partial charge in [0.1, 0.15) is 0 Å². The molecule has 0 bridgehead atoms. The molecule has 16 heavy (non-hydrogen) atoms. The Morgan fingerprint density at radius 3 is 2.62 bits per heavy atom. The van der Waals surface area contributed by atoms with Crippen molar-refractivity contribution in [1.29, 1.82) is 0 Å². The minimum Gasteiger partial charge on any atom is -0.399 e. The second kappa shape index (κ2) is 4.85. The lowest BCUT2D eigenvalue weighted by molar-refractivity contribution is 0.138. The van der Waals surface area contributed by atoms with Crippen molar-refractivity contribution in [3.05, 3.63) is 29.8 Å². The molecular weight excluding hydrogens is 200 g/mol. The maximum absolute atomic E-state index is 5.69. The highest BCUT2D eigenvalue weighted by Crippen LogP contribution is 2.24. The molecule has 2 N–H and O–H groups in total. The fourth-order valence-electron chi connectivity index (χ4n) is 2.17. The number of benzene rings is 1. The first kappa shape index (κ1) is 11.4. The van der Waals surface area contributed by atoms with Crippen LogP contribution in [0.25, 0.3) is 0 Å². The van der Waals surface area contributed by atoms with Gasteiger partial charge in [0.25, 0.3) is 0 Å². The molecule has 1 saturated heterocycles. The van der Waals surface area contributed by atoms with Crippen LogP contribution in [0.5, 0.6) is 0 Å². The molecule has 2 rings (SSSR count). The summed E-state index contributed by atoms with van der Waals surface area (Å²) in [6, 6.07) is 9.09. The second-order valence-corrected chi connectivity index (χ2v) is 4.53. The van der Waals surface area contributed by atoms with Gasteiger partial charge in [-0.25, -0.2) is 0 Å². The molecule has 2 atom stereocenters. The van der Waals surface area contributed by atoms with Gasteiger partial charge in [-0.2, -0.15) is 0 Å². The molecule has 0 amide bonds. The van der Waals surface area contributed by atoms with Crippen molar-refractivity contribution < 1.29 is 4.74 Å². The zero-order chi connectivity index (χ0) is 11.5. The molecular formula is C13H20N2O. The maximum Gasteiger partial charge on any atom is 0.0622 e. The van der Waals surface area contributed by atoms with E-state index >= 15 is 0 Å². The third-order valence-electron chi connectivity index (χ3n) is 3.51. The number of nitrogen functional groups attached to an aromatic ring is 1. The summed E-state index contributed by atoms with van der Waals surface area (Å²) in [6.45, 7) is 3.98. The minimum absolute atomic E-state index is 0.410. The number of nitrogens with two attached hydrogens (primary N) is 1. The van der Waals surface area contributed by atoms with Crippen LogP contribution in [0.4, 0.5) is 5.69 Å². The number of rotatable bonds is 3. The van der Waals surface area contributed by atoms with E-state index in [1.54, 1.807) is 0 Å². The van der Waals surface area contributed by atoms with E-state index < -0.39 is 0 Å². The molecule has 1 aliphatic rings. The lowest BCUT2D eigenvalue weighted by Gasteiger charge is -2.30. The lowest BCUT2D eigenvalue weighted by Crippen LogP contribution is -2.34. The van der Waals surface area contributed by atoms with Crippen LogP contribution in [-0.4, -0.2) is 31.2 Å². The fraction of sp³-hybridized carbons (Fsp3) is 0.538. The highest BCUT2D eigenvalue weighted by atomic mass is 16.5. The van der Waals surface area contributed by atoms with Crippen molar-refractivity contribution in [1.82, 2.24) is 4.90 Å². The van der Waals surface area contributed by atoms with Crippen molar-refractivity contribution in [3.8, 4) is 0 Å². The third-order valence-corrected chi connectivity index (χ3v) is 3.51. The molecule has 1 aromatic carbocycles. The summed E-state index contributed by atoms with van der Waals surface area (Å²) in [5, 5.41) is 0. The van der Waals surface area contributed by atoms with Crippen LogP contribution >= 0.6 is 0 Å². The van der Waals surface area contributed by atoms with E-state index in [2.05, 4.69) is 31.0 Å². The number of hydrogen-bond donors (Lipinski definition) is 1. The van der Waals surface area contributed by atoms with Crippen molar-refractivity contribution in [2.75, 3.05) is 26.0 Å². The molecule has 0 aliphatic carbocycles. The average molecular weight is 220 g/mol. The van der Waals surface area contributed by atoms with E-state index in [9.17, 15) is 0 Å². The van der Waals surface area contributed by atoms with E-state index in [1.165, 1.54) is 5.56 Å². The van der Waals surface area contributed by atoms with Crippen LogP contribution in [0.2, 0.25) is 0 Å². The van der Waals surface area contributed by atoms with Crippen molar-refractivity contribution in [2.24, 2.45) is 0 Å². The summed E-state index contributed by atoms with van der Waals surface area (Å²) in [7, 11) is 2.17. The predicted octanol–water partition coefficient (Wildman–Crippen LogP) is 2.05. The van der Waals surface area contributed by atoms with Gasteiger partial charge in [0.15, 0.2) is 0 Å². The van der Waals surface area contributed by atoms with Gasteiger partial charge in [-0.1, -0.05) is 12.1 Å². The van der Waals surface area contributed by atoms with Crippen LogP contribution in [0.1, 0.15) is 24.9 Å². The first-order valence-electron chi connectivity index (χ1n) is 5.83. The van der Waals surface area contributed by atoms with E-state index in [0.29, 0.717) is 12.1 Å². The number of ether oxygens (including phenoxy) is 1. The van der Waals surface area contributed by atoms with Gasteiger partial charge in [-0.05, 0) is 38.1 Å². The van der Waals surface area contributed by atoms with Crippen molar-refractivity contribution >= 4 is 5.69 Å². The van der Waals surface area contributed by atoms with E-state index in [-0.39, 0.29) is 0 Å². The molecule has 0 aromatic heterocycles. The molecule has 1 fully saturated rings. The Balaban J connectivity index is 2.05. The summed E-state index contributed by atoms with van der Waals surface area (Å²) in [5.74, 6) is 0. The highest BCUT2D eigenvalue weighted by molar-refractivity contribution is 5.40. The molecule has 0 spiro atoms. The fourth-order valence-corrected chi connectivity index (χ4v) is 2.17. The van der Waals surface area contributed by atoms with E-state index in [4.69, 9.17) is 10.5 Å². The van der Waals surface area contributed by atoms with Gasteiger partial charge in [0.2, 0.25) is 0 Å². The van der Waals surface area contributed by atoms with Gasteiger partial charge >= 0.3 is 0 Å². The Kier molecular flexibility index (Phi) is 3.46. The molecule has 0 radical (unpaired) electrons. The average Bonchev–Trinajstić information content (AvgIpc) is 2.81. The molecule has 3 nitrogen and oxygen atoms in total. The molecule has 1 heterocycles. The number of hydrogen-bond acceptors (Lipinski definition) is 3. The Morgan fingerprint density at radius 2 is 2.06 bits per heavy atom. The zero-order valence-corrected chi connectivity index (χ0v) is 10.0. The summed E-state index contributed by atoms with van der Waals surface area (Å²) in [5.41, 5.74) is 7.82. The van der Waals surface area contributed by atoms with Crippen LogP contribution in [0.3, 0.4) is 0 Å². The molecule has 2 unspecified atom stereocenters. The van der Waals surface area contributed by atoms with Crippen LogP contribution in [0.15, 0.2) is 24.3 Å². The smallest absolute Gasteiger partial charge is 0.0622 e. The number of nitrogens with zero attached hydrogens (tertiary/aromatic N) is 1. The van der Waals surface area contributed by atoms with Gasteiger partial charge < -0.3 is 10.5 Å². The molecule has 1 aromatic rings. The second-order valence-electron chi connectivity index (χ2n) is 4.53. The highest BCUT2D eigenvalue weighted by Gasteiger charge is 2.24. The molecule has 0 saturated carbocycles. The largest absolute Gasteiger partial charge is 0.399 e. The first-order chi connectivity index (χ1) is 7.68. The molecule has 3 heteroatoms. The number of anilines is 1. The Hall–Kier alpha value is -1.06. The summed E-state index contributed by atoms with van der Waals surface area (Å²) in [4.78, 5) is 2.39. The molecule has 88 valence electrons. The monoisotopic (exact) mass is 220 g/mol. The van der Waals surface area contributed by atoms with Crippen molar-refractivity contribution in [3.63, 3.8) is 0 Å².